The molecule has 0 saturated carbocycles. The van der Waals surface area contributed by atoms with Gasteiger partial charge in [0.1, 0.15) is 0 Å². The van der Waals surface area contributed by atoms with Gasteiger partial charge in [0.25, 0.3) is 0 Å². The molecule has 0 heterocycles. The maximum atomic E-state index is 12.7. The van der Waals surface area contributed by atoms with E-state index in [0.29, 0.717) is 5.92 Å². The number of hydrogen-bond acceptors (Lipinski definition) is 1. The van der Waals surface area contributed by atoms with Crippen molar-refractivity contribution in [2.75, 3.05) is 0 Å². The van der Waals surface area contributed by atoms with Gasteiger partial charge in [-0.1, -0.05) is 82.2 Å². The number of Topliss-reactive ketones (excluding diaryl/α,β-unsaturated/α-hetero) is 1. The van der Waals surface area contributed by atoms with Crippen LogP contribution in [0.3, 0.4) is 0 Å². The molecule has 1 heteroatoms. The van der Waals surface area contributed by atoms with Crippen molar-refractivity contribution in [3.8, 4) is 0 Å². The van der Waals surface area contributed by atoms with Crippen LogP contribution in [0.15, 0.2) is 64.8 Å². The zero-order chi connectivity index (χ0) is 21.1. The highest BCUT2D eigenvalue weighted by atomic mass is 16.1. The van der Waals surface area contributed by atoms with Crippen molar-refractivity contribution in [2.45, 2.75) is 80.1 Å². The second-order valence-electron chi connectivity index (χ2n) is 7.69. The fourth-order valence-electron chi connectivity index (χ4n) is 3.39. The van der Waals surface area contributed by atoms with Crippen molar-refractivity contribution in [2.24, 2.45) is 0 Å². The Kier molecular flexibility index (Phi) is 10.5. The van der Waals surface area contributed by atoms with E-state index in [1.807, 2.05) is 0 Å². The third-order valence-corrected chi connectivity index (χ3v) is 5.22. The van der Waals surface area contributed by atoms with E-state index in [2.05, 4.69) is 90.1 Å². The molecule has 152 valence electrons. The number of benzene rings is 1. The molecule has 0 N–H and O–H groups in total. The van der Waals surface area contributed by atoms with Crippen molar-refractivity contribution >= 4 is 11.9 Å². The summed E-state index contributed by atoms with van der Waals surface area (Å²) >= 11 is 0. The second kappa shape index (κ2) is 12.3. The number of hydrogen-bond donors (Lipinski definition) is 0. The third kappa shape index (κ3) is 7.11. The third-order valence-electron chi connectivity index (χ3n) is 5.22. The Morgan fingerprint density at radius 3 is 2.25 bits per heavy atom. The first kappa shape index (κ1) is 23.9. The van der Waals surface area contributed by atoms with Crippen molar-refractivity contribution in [3.05, 3.63) is 75.9 Å². The molecule has 1 aromatic carbocycles. The fraction of sp³-hybridized carbons (Fsp3) is 0.444. The highest BCUT2D eigenvalue weighted by Gasteiger charge is 2.14. The molecule has 1 atom stereocenters. The van der Waals surface area contributed by atoms with Crippen LogP contribution in [0.4, 0.5) is 0 Å². The lowest BCUT2D eigenvalue weighted by Gasteiger charge is -2.15. The summed E-state index contributed by atoms with van der Waals surface area (Å²) in [4.78, 5) is 12.7. The quantitative estimate of drug-likeness (QED) is 0.296. The van der Waals surface area contributed by atoms with E-state index in [1.54, 1.807) is 6.92 Å². The van der Waals surface area contributed by atoms with Crippen LogP contribution in [-0.4, -0.2) is 5.78 Å². The van der Waals surface area contributed by atoms with Gasteiger partial charge in [0.15, 0.2) is 5.78 Å². The number of ketones is 1. The SMILES string of the molecule is CC\C=C(C)/C(=C\C=C(\C)CCC)C(=C/c1ccccc1C(C)CC)/C(C)=O. The number of carbonyl (C=O) groups excluding carboxylic acids is 1. The average Bonchev–Trinajstić information content (AvgIpc) is 2.67. The molecule has 0 aliphatic heterocycles. The van der Waals surface area contributed by atoms with Gasteiger partial charge in [-0.3, -0.25) is 4.79 Å². The molecule has 1 nitrogen and oxygen atoms in total. The average molecular weight is 379 g/mol. The van der Waals surface area contributed by atoms with Crippen molar-refractivity contribution in [1.29, 1.82) is 0 Å². The summed E-state index contributed by atoms with van der Waals surface area (Å²) in [5.74, 6) is 0.572. The smallest absolute Gasteiger partial charge is 0.160 e. The Bertz CT molecular complexity index is 771. The van der Waals surface area contributed by atoms with Crippen LogP contribution < -0.4 is 0 Å². The van der Waals surface area contributed by atoms with Crippen molar-refractivity contribution in [1.82, 2.24) is 0 Å². The van der Waals surface area contributed by atoms with Crippen LogP contribution >= 0.6 is 0 Å². The maximum Gasteiger partial charge on any atom is 0.160 e. The van der Waals surface area contributed by atoms with Gasteiger partial charge in [-0.05, 0) is 74.3 Å². The molecule has 0 saturated heterocycles. The second-order valence-corrected chi connectivity index (χ2v) is 7.69. The topological polar surface area (TPSA) is 17.1 Å². The molecule has 0 radical (unpaired) electrons. The Balaban J connectivity index is 3.60. The first-order chi connectivity index (χ1) is 13.3. The molecule has 0 aliphatic carbocycles. The van der Waals surface area contributed by atoms with Crippen molar-refractivity contribution in [3.63, 3.8) is 0 Å². The van der Waals surface area contributed by atoms with Crippen LogP contribution in [0.2, 0.25) is 0 Å². The summed E-state index contributed by atoms with van der Waals surface area (Å²) in [7, 11) is 0. The van der Waals surface area contributed by atoms with Gasteiger partial charge in [0.2, 0.25) is 0 Å². The van der Waals surface area contributed by atoms with E-state index in [0.717, 1.165) is 48.0 Å². The zero-order valence-corrected chi connectivity index (χ0v) is 18.9. The zero-order valence-electron chi connectivity index (χ0n) is 18.9. The molecule has 0 bridgehead atoms. The molecule has 1 rings (SSSR count). The summed E-state index contributed by atoms with van der Waals surface area (Å²) in [5.41, 5.74) is 6.77. The standard InChI is InChI=1S/C27H38O/c1-8-13-20(4)17-18-26(22(6)14-9-2)27(23(7)28)19-24-15-11-12-16-25(24)21(5)10-3/h11-12,14-19,21H,8-10,13H2,1-7H3/b20-17-,22-14-,26-18+,27-19+. The summed E-state index contributed by atoms with van der Waals surface area (Å²) in [5, 5.41) is 0. The minimum absolute atomic E-state index is 0.107. The van der Waals surface area contributed by atoms with Gasteiger partial charge in [-0.25, -0.2) is 0 Å². The molecule has 0 aliphatic rings. The molecule has 0 spiro atoms. The Morgan fingerprint density at radius 2 is 1.68 bits per heavy atom. The molecule has 0 aromatic heterocycles. The minimum atomic E-state index is 0.107. The fourth-order valence-corrected chi connectivity index (χ4v) is 3.39. The lowest BCUT2D eigenvalue weighted by atomic mass is 9.89. The lowest BCUT2D eigenvalue weighted by molar-refractivity contribution is -0.113. The summed E-state index contributed by atoms with van der Waals surface area (Å²) in [6.07, 6.45) is 12.8. The Hall–Kier alpha value is -2.15. The van der Waals surface area contributed by atoms with Gasteiger partial charge >= 0.3 is 0 Å². The first-order valence-electron chi connectivity index (χ1n) is 10.7. The Labute approximate surface area is 172 Å². The predicted molar refractivity (Wildman–Crippen MR) is 125 cm³/mol. The normalized spacial score (nSPS) is 15.0. The first-order valence-corrected chi connectivity index (χ1v) is 10.7. The van der Waals surface area contributed by atoms with Gasteiger partial charge in [-0.2, -0.15) is 0 Å². The minimum Gasteiger partial charge on any atom is -0.294 e. The van der Waals surface area contributed by atoms with E-state index in [-0.39, 0.29) is 5.78 Å². The highest BCUT2D eigenvalue weighted by molar-refractivity contribution is 6.03. The van der Waals surface area contributed by atoms with Gasteiger partial charge in [0.05, 0.1) is 0 Å². The van der Waals surface area contributed by atoms with Gasteiger partial charge in [-0.15, -0.1) is 0 Å². The molecule has 0 amide bonds. The number of rotatable bonds is 10. The van der Waals surface area contributed by atoms with E-state index in [9.17, 15) is 4.79 Å². The van der Waals surface area contributed by atoms with Gasteiger partial charge < -0.3 is 0 Å². The molecule has 28 heavy (non-hydrogen) atoms. The molecular formula is C27H38O. The molecule has 0 fully saturated rings. The van der Waals surface area contributed by atoms with Gasteiger partial charge in [0, 0.05) is 5.57 Å². The predicted octanol–water partition coefficient (Wildman–Crippen LogP) is 8.20. The van der Waals surface area contributed by atoms with Crippen LogP contribution in [0.25, 0.3) is 6.08 Å². The van der Waals surface area contributed by atoms with Crippen LogP contribution in [0.5, 0.6) is 0 Å². The van der Waals surface area contributed by atoms with E-state index < -0.39 is 0 Å². The summed E-state index contributed by atoms with van der Waals surface area (Å²) < 4.78 is 0. The molecule has 1 unspecified atom stereocenters. The number of allylic oxidation sites excluding steroid dienone is 7. The maximum absolute atomic E-state index is 12.7. The van der Waals surface area contributed by atoms with E-state index in [1.165, 1.54) is 11.1 Å². The van der Waals surface area contributed by atoms with E-state index in [4.69, 9.17) is 0 Å². The van der Waals surface area contributed by atoms with Crippen LogP contribution in [0, 0.1) is 0 Å². The van der Waals surface area contributed by atoms with E-state index >= 15 is 0 Å². The lowest BCUT2D eigenvalue weighted by Crippen LogP contribution is -2.03. The summed E-state index contributed by atoms with van der Waals surface area (Å²) in [6.45, 7) is 14.7. The summed E-state index contributed by atoms with van der Waals surface area (Å²) in [6, 6.07) is 8.45. The monoisotopic (exact) mass is 378 g/mol. The highest BCUT2D eigenvalue weighted by Crippen LogP contribution is 2.28. The van der Waals surface area contributed by atoms with Crippen molar-refractivity contribution < 1.29 is 4.79 Å². The molecular weight excluding hydrogens is 340 g/mol. The largest absolute Gasteiger partial charge is 0.294 e. The van der Waals surface area contributed by atoms with Crippen LogP contribution in [0.1, 0.15) is 91.2 Å². The van der Waals surface area contributed by atoms with Crippen LogP contribution in [-0.2, 0) is 4.79 Å². The number of carbonyl (C=O) groups is 1. The Morgan fingerprint density at radius 1 is 1.00 bits per heavy atom. The molecule has 1 aromatic rings.